The number of carbonyl (C=O) groups excluding carboxylic acids is 1. The lowest BCUT2D eigenvalue weighted by molar-refractivity contribution is -0.0503. The van der Waals surface area contributed by atoms with Gasteiger partial charge in [0.05, 0.1) is 0 Å². The summed E-state index contributed by atoms with van der Waals surface area (Å²) in [6.45, 7) is 0.652. The summed E-state index contributed by atoms with van der Waals surface area (Å²) in [5.74, 6) is -0.214. The highest BCUT2D eigenvalue weighted by Gasteiger charge is 2.26. The Balaban J connectivity index is 1.67. The fourth-order valence-electron chi connectivity index (χ4n) is 3.68. The number of ketones is 1. The number of nitrogens with zero attached hydrogens (tertiary/aromatic N) is 3. The molecule has 1 N–H and O–H groups in total. The minimum absolute atomic E-state index is 0.0912. The van der Waals surface area contributed by atoms with E-state index in [1.807, 2.05) is 35.2 Å². The average Bonchev–Trinajstić information content (AvgIpc) is 2.79. The number of piperazine rings is 1. The molecule has 3 heterocycles. The molecule has 0 aliphatic carbocycles. The number of aryl methyl sites for hydroxylation is 1. The van der Waals surface area contributed by atoms with Crippen molar-refractivity contribution in [3.8, 4) is 5.75 Å². The van der Waals surface area contributed by atoms with Crippen molar-refractivity contribution in [2.24, 2.45) is 0 Å². The standard InChI is InChI=1S/C23H22F2N4O2/c1-15-17(8-5-11-26-15)22(30)21-19(31-23(24)25)9-10-20(28-21)29-13-12-27-18(14-29)16-6-3-2-4-7-16/h2-11,18,23,27H,12-14H2,1H3. The van der Waals surface area contributed by atoms with Crippen LogP contribution in [0.15, 0.2) is 60.8 Å². The number of aromatic nitrogens is 2. The lowest BCUT2D eigenvalue weighted by Crippen LogP contribution is -2.46. The largest absolute Gasteiger partial charge is 0.432 e. The van der Waals surface area contributed by atoms with Gasteiger partial charge in [0, 0.05) is 43.1 Å². The van der Waals surface area contributed by atoms with Gasteiger partial charge in [-0.1, -0.05) is 30.3 Å². The van der Waals surface area contributed by atoms with Crippen LogP contribution in [0.1, 0.15) is 33.4 Å². The Bertz CT molecular complexity index is 1060. The second-order valence-corrected chi connectivity index (χ2v) is 7.22. The second kappa shape index (κ2) is 9.18. The third-order valence-electron chi connectivity index (χ3n) is 5.23. The molecule has 1 aliphatic heterocycles. The SMILES string of the molecule is Cc1ncccc1C(=O)c1nc(N2CCNC(c3ccccc3)C2)ccc1OC(F)F. The van der Waals surface area contributed by atoms with Gasteiger partial charge in [-0.15, -0.1) is 0 Å². The van der Waals surface area contributed by atoms with Gasteiger partial charge in [0.1, 0.15) is 5.82 Å². The lowest BCUT2D eigenvalue weighted by atomic mass is 10.0. The number of rotatable bonds is 6. The number of nitrogens with one attached hydrogen (secondary N) is 1. The fraction of sp³-hybridized carbons (Fsp3) is 0.261. The van der Waals surface area contributed by atoms with Crippen molar-refractivity contribution < 1.29 is 18.3 Å². The van der Waals surface area contributed by atoms with Crippen LogP contribution in [0, 0.1) is 6.92 Å². The molecule has 0 bridgehead atoms. The molecule has 3 aromatic rings. The van der Waals surface area contributed by atoms with Crippen molar-refractivity contribution in [2.45, 2.75) is 19.6 Å². The second-order valence-electron chi connectivity index (χ2n) is 7.22. The molecule has 4 rings (SSSR count). The molecule has 1 fully saturated rings. The Morgan fingerprint density at radius 1 is 1.16 bits per heavy atom. The van der Waals surface area contributed by atoms with E-state index in [1.54, 1.807) is 31.3 Å². The zero-order valence-electron chi connectivity index (χ0n) is 17.0. The minimum atomic E-state index is -3.06. The third-order valence-corrected chi connectivity index (χ3v) is 5.23. The normalized spacial score (nSPS) is 16.4. The van der Waals surface area contributed by atoms with E-state index in [0.717, 1.165) is 12.1 Å². The number of ether oxygens (including phenoxy) is 1. The van der Waals surface area contributed by atoms with Gasteiger partial charge in [-0.05, 0) is 36.8 Å². The Morgan fingerprint density at radius 3 is 2.71 bits per heavy atom. The van der Waals surface area contributed by atoms with Crippen LogP contribution in [0.2, 0.25) is 0 Å². The molecule has 31 heavy (non-hydrogen) atoms. The summed E-state index contributed by atoms with van der Waals surface area (Å²) in [6.07, 6.45) is 1.57. The average molecular weight is 424 g/mol. The van der Waals surface area contributed by atoms with Crippen LogP contribution in [0.25, 0.3) is 0 Å². The Morgan fingerprint density at radius 2 is 1.97 bits per heavy atom. The zero-order chi connectivity index (χ0) is 21.8. The zero-order valence-corrected chi connectivity index (χ0v) is 17.0. The molecule has 8 heteroatoms. The molecule has 0 spiro atoms. The van der Waals surface area contributed by atoms with E-state index in [2.05, 4.69) is 20.0 Å². The molecule has 6 nitrogen and oxygen atoms in total. The van der Waals surface area contributed by atoms with Crippen molar-refractivity contribution in [1.29, 1.82) is 0 Å². The summed E-state index contributed by atoms with van der Waals surface area (Å²) >= 11 is 0. The molecule has 1 aliphatic rings. The quantitative estimate of drug-likeness (QED) is 0.608. The van der Waals surface area contributed by atoms with Gasteiger partial charge in [-0.25, -0.2) is 4.98 Å². The molecule has 1 saturated heterocycles. The summed E-state index contributed by atoms with van der Waals surface area (Å²) in [5.41, 5.74) is 1.79. The highest BCUT2D eigenvalue weighted by Crippen LogP contribution is 2.28. The minimum Gasteiger partial charge on any atom is -0.432 e. The number of halogens is 2. The first-order valence-electron chi connectivity index (χ1n) is 9.98. The van der Waals surface area contributed by atoms with Crippen LogP contribution in [-0.2, 0) is 0 Å². The van der Waals surface area contributed by atoms with Gasteiger partial charge in [0.15, 0.2) is 11.4 Å². The summed E-state index contributed by atoms with van der Waals surface area (Å²) in [4.78, 5) is 23.7. The molecule has 160 valence electrons. The topological polar surface area (TPSA) is 67.4 Å². The summed E-state index contributed by atoms with van der Waals surface area (Å²) < 4.78 is 30.5. The van der Waals surface area contributed by atoms with Crippen molar-refractivity contribution in [1.82, 2.24) is 15.3 Å². The van der Waals surface area contributed by atoms with Crippen LogP contribution in [-0.4, -0.2) is 42.0 Å². The van der Waals surface area contributed by atoms with Crippen molar-refractivity contribution in [2.75, 3.05) is 24.5 Å². The van der Waals surface area contributed by atoms with E-state index in [1.165, 1.54) is 6.07 Å². The molecular formula is C23H22F2N4O2. The third kappa shape index (κ3) is 4.69. The molecule has 1 unspecified atom stereocenters. The Kier molecular flexibility index (Phi) is 6.18. The first kappa shape index (κ1) is 20.9. The van der Waals surface area contributed by atoms with E-state index >= 15 is 0 Å². The first-order valence-corrected chi connectivity index (χ1v) is 9.98. The van der Waals surface area contributed by atoms with Gasteiger partial charge < -0.3 is 15.0 Å². The number of benzene rings is 1. The molecule has 0 saturated carbocycles. The maximum absolute atomic E-state index is 13.1. The molecule has 1 atom stereocenters. The van der Waals surface area contributed by atoms with Gasteiger partial charge in [0.25, 0.3) is 0 Å². The van der Waals surface area contributed by atoms with Gasteiger partial charge >= 0.3 is 6.61 Å². The van der Waals surface area contributed by atoms with Crippen LogP contribution in [0.5, 0.6) is 5.75 Å². The summed E-state index contributed by atoms with van der Waals surface area (Å²) in [6, 6.07) is 16.3. The van der Waals surface area contributed by atoms with Crippen molar-refractivity contribution in [3.05, 3.63) is 83.3 Å². The predicted molar refractivity (Wildman–Crippen MR) is 113 cm³/mol. The van der Waals surface area contributed by atoms with Crippen molar-refractivity contribution in [3.63, 3.8) is 0 Å². The lowest BCUT2D eigenvalue weighted by Gasteiger charge is -2.35. The highest BCUT2D eigenvalue weighted by molar-refractivity contribution is 6.10. The van der Waals surface area contributed by atoms with E-state index in [4.69, 9.17) is 0 Å². The molecular weight excluding hydrogens is 402 g/mol. The summed E-state index contributed by atoms with van der Waals surface area (Å²) in [7, 11) is 0. The number of hydrogen-bond acceptors (Lipinski definition) is 6. The highest BCUT2D eigenvalue weighted by atomic mass is 19.3. The number of carbonyl (C=O) groups is 1. The monoisotopic (exact) mass is 424 g/mol. The number of pyridine rings is 2. The van der Waals surface area contributed by atoms with Gasteiger partial charge in [0.2, 0.25) is 5.78 Å². The Labute approximate surface area is 178 Å². The number of hydrogen-bond donors (Lipinski definition) is 1. The van der Waals surface area contributed by atoms with Crippen LogP contribution in [0.4, 0.5) is 14.6 Å². The molecule has 2 aromatic heterocycles. The maximum atomic E-state index is 13.1. The smallest absolute Gasteiger partial charge is 0.387 e. The molecule has 0 radical (unpaired) electrons. The van der Waals surface area contributed by atoms with E-state index < -0.39 is 12.4 Å². The van der Waals surface area contributed by atoms with Crippen LogP contribution in [0.3, 0.4) is 0 Å². The first-order chi connectivity index (χ1) is 15.0. The summed E-state index contributed by atoms with van der Waals surface area (Å²) in [5, 5.41) is 3.47. The van der Waals surface area contributed by atoms with Gasteiger partial charge in [-0.3, -0.25) is 9.78 Å². The molecule has 1 aromatic carbocycles. The Hall–Kier alpha value is -3.39. The van der Waals surface area contributed by atoms with E-state index in [9.17, 15) is 13.6 Å². The fourth-order valence-corrected chi connectivity index (χ4v) is 3.68. The van der Waals surface area contributed by atoms with E-state index in [-0.39, 0.29) is 17.5 Å². The molecule has 0 amide bonds. The van der Waals surface area contributed by atoms with Crippen molar-refractivity contribution >= 4 is 11.6 Å². The van der Waals surface area contributed by atoms with Crippen LogP contribution >= 0.6 is 0 Å². The number of alkyl halides is 2. The maximum Gasteiger partial charge on any atom is 0.387 e. The number of anilines is 1. The van der Waals surface area contributed by atoms with E-state index in [0.29, 0.717) is 30.2 Å². The predicted octanol–water partition coefficient (Wildman–Crippen LogP) is 3.77. The van der Waals surface area contributed by atoms with Crippen LogP contribution < -0.4 is 15.0 Å². The van der Waals surface area contributed by atoms with Gasteiger partial charge in [-0.2, -0.15) is 8.78 Å².